The number of halogens is 1. The molecule has 0 amide bonds. The highest BCUT2D eigenvalue weighted by atomic mass is 35.5. The molecule has 1 atom stereocenters. The number of rotatable bonds is 3. The zero-order chi connectivity index (χ0) is 12.4. The predicted octanol–water partition coefficient (Wildman–Crippen LogP) is 3.58. The van der Waals surface area contributed by atoms with E-state index in [1.165, 1.54) is 11.3 Å². The normalized spacial score (nSPS) is 12.7. The number of nitrogens with two attached hydrogens (primary N) is 1. The van der Waals surface area contributed by atoms with Crippen molar-refractivity contribution in [1.29, 1.82) is 0 Å². The molecule has 5 heteroatoms. The lowest BCUT2D eigenvalue weighted by Crippen LogP contribution is -2.07. The quantitative estimate of drug-likeness (QED) is 0.925. The molecule has 1 unspecified atom stereocenters. The Morgan fingerprint density at radius 3 is 2.82 bits per heavy atom. The first-order valence-electron chi connectivity index (χ1n) is 5.47. The van der Waals surface area contributed by atoms with E-state index in [1.807, 2.05) is 32.0 Å². The fourth-order valence-electron chi connectivity index (χ4n) is 1.46. The van der Waals surface area contributed by atoms with Crippen LogP contribution in [0.5, 0.6) is 0 Å². The summed E-state index contributed by atoms with van der Waals surface area (Å²) in [4.78, 5) is 0. The summed E-state index contributed by atoms with van der Waals surface area (Å²) in [5.74, 6) is 0. The summed E-state index contributed by atoms with van der Waals surface area (Å²) in [6.07, 6.45) is 0.857. The van der Waals surface area contributed by atoms with Gasteiger partial charge in [-0.25, -0.2) is 0 Å². The van der Waals surface area contributed by atoms with Crippen LogP contribution >= 0.6 is 22.9 Å². The van der Waals surface area contributed by atoms with Gasteiger partial charge < -0.3 is 5.73 Å². The lowest BCUT2D eigenvalue weighted by molar-refractivity contribution is 0.683. The number of hydrogen-bond acceptors (Lipinski definition) is 4. The van der Waals surface area contributed by atoms with E-state index in [0.29, 0.717) is 5.02 Å². The first-order chi connectivity index (χ1) is 8.11. The van der Waals surface area contributed by atoms with Gasteiger partial charge in [-0.1, -0.05) is 42.0 Å². The largest absolute Gasteiger partial charge is 0.322 e. The van der Waals surface area contributed by atoms with Crippen molar-refractivity contribution in [2.75, 3.05) is 0 Å². The van der Waals surface area contributed by atoms with E-state index in [1.54, 1.807) is 0 Å². The van der Waals surface area contributed by atoms with Crippen LogP contribution in [0, 0.1) is 6.92 Å². The van der Waals surface area contributed by atoms with Crippen LogP contribution in [-0.2, 0) is 0 Å². The van der Waals surface area contributed by atoms with Gasteiger partial charge in [0.1, 0.15) is 10.0 Å². The highest BCUT2D eigenvalue weighted by Crippen LogP contribution is 2.32. The third-order valence-corrected chi connectivity index (χ3v) is 3.95. The van der Waals surface area contributed by atoms with Crippen LogP contribution in [0.3, 0.4) is 0 Å². The van der Waals surface area contributed by atoms with Crippen molar-refractivity contribution in [2.45, 2.75) is 26.3 Å². The Balaban J connectivity index is 2.37. The van der Waals surface area contributed by atoms with Gasteiger partial charge in [-0.3, -0.25) is 0 Å². The minimum Gasteiger partial charge on any atom is -0.322 e. The Hall–Kier alpha value is -0.970. The van der Waals surface area contributed by atoms with E-state index in [9.17, 15) is 0 Å². The zero-order valence-electron chi connectivity index (χ0n) is 9.77. The fourth-order valence-corrected chi connectivity index (χ4v) is 2.81. The second-order valence-electron chi connectivity index (χ2n) is 3.94. The van der Waals surface area contributed by atoms with Crippen molar-refractivity contribution >= 4 is 22.9 Å². The lowest BCUT2D eigenvalue weighted by atomic mass is 10.2. The summed E-state index contributed by atoms with van der Waals surface area (Å²) in [5.41, 5.74) is 7.98. The molecule has 1 heterocycles. The molecule has 1 aromatic carbocycles. The molecule has 1 aromatic heterocycles. The Bertz CT molecular complexity index is 524. The average molecular weight is 268 g/mol. The van der Waals surface area contributed by atoms with Crippen molar-refractivity contribution < 1.29 is 0 Å². The average Bonchev–Trinajstić information content (AvgIpc) is 2.77. The molecular weight excluding hydrogens is 254 g/mol. The van der Waals surface area contributed by atoms with Crippen LogP contribution < -0.4 is 5.73 Å². The summed E-state index contributed by atoms with van der Waals surface area (Å²) < 4.78 is 0. The number of hydrogen-bond donors (Lipinski definition) is 1. The summed E-state index contributed by atoms with van der Waals surface area (Å²) in [7, 11) is 0. The topological polar surface area (TPSA) is 51.8 Å². The molecule has 2 aromatic rings. The zero-order valence-corrected chi connectivity index (χ0v) is 11.3. The molecule has 2 rings (SSSR count). The summed E-state index contributed by atoms with van der Waals surface area (Å²) in [6, 6.07) is 5.88. The van der Waals surface area contributed by atoms with Gasteiger partial charge in [-0.05, 0) is 25.0 Å². The van der Waals surface area contributed by atoms with Gasteiger partial charge in [-0.15, -0.1) is 10.2 Å². The predicted molar refractivity (Wildman–Crippen MR) is 72.3 cm³/mol. The van der Waals surface area contributed by atoms with E-state index in [2.05, 4.69) is 10.2 Å². The van der Waals surface area contributed by atoms with E-state index in [4.69, 9.17) is 17.3 Å². The molecule has 0 fully saturated rings. The second-order valence-corrected chi connectivity index (χ2v) is 5.36. The second kappa shape index (κ2) is 5.12. The van der Waals surface area contributed by atoms with Gasteiger partial charge in [0.2, 0.25) is 0 Å². The molecule has 0 radical (unpaired) electrons. The molecule has 17 heavy (non-hydrogen) atoms. The smallest absolute Gasteiger partial charge is 0.149 e. The molecule has 0 saturated carbocycles. The minimum atomic E-state index is -0.0366. The van der Waals surface area contributed by atoms with E-state index < -0.39 is 0 Å². The molecule has 0 aliphatic rings. The molecular formula is C12H14ClN3S. The van der Waals surface area contributed by atoms with Gasteiger partial charge in [0, 0.05) is 5.56 Å². The standard InChI is InChI=1S/C12H14ClN3S/c1-3-10(14)12-16-15-11(17-12)8-5-4-7(2)6-9(8)13/h4-6,10H,3,14H2,1-2H3. The molecule has 0 saturated heterocycles. The first kappa shape index (κ1) is 12.5. The summed E-state index contributed by atoms with van der Waals surface area (Å²) >= 11 is 7.70. The van der Waals surface area contributed by atoms with Crippen LogP contribution in [0.15, 0.2) is 18.2 Å². The maximum atomic E-state index is 6.19. The van der Waals surface area contributed by atoms with Crippen LogP contribution in [0.25, 0.3) is 10.6 Å². The highest BCUT2D eigenvalue weighted by molar-refractivity contribution is 7.14. The van der Waals surface area contributed by atoms with Crippen molar-refractivity contribution in [3.63, 3.8) is 0 Å². The molecule has 0 aliphatic carbocycles. The van der Waals surface area contributed by atoms with Crippen LogP contribution in [0.4, 0.5) is 0 Å². The monoisotopic (exact) mass is 267 g/mol. The van der Waals surface area contributed by atoms with Gasteiger partial charge >= 0.3 is 0 Å². The van der Waals surface area contributed by atoms with Crippen LogP contribution in [0.1, 0.15) is 30.0 Å². The minimum absolute atomic E-state index is 0.0366. The molecule has 0 bridgehead atoms. The maximum Gasteiger partial charge on any atom is 0.149 e. The van der Waals surface area contributed by atoms with Crippen molar-refractivity contribution in [2.24, 2.45) is 5.73 Å². The van der Waals surface area contributed by atoms with Gasteiger partial charge in [0.05, 0.1) is 11.1 Å². The summed E-state index contributed by atoms with van der Waals surface area (Å²) in [5, 5.41) is 10.7. The van der Waals surface area contributed by atoms with Gasteiger partial charge in [0.25, 0.3) is 0 Å². The molecule has 0 spiro atoms. The molecule has 2 N–H and O–H groups in total. The van der Waals surface area contributed by atoms with Crippen molar-refractivity contribution in [3.05, 3.63) is 33.8 Å². The third kappa shape index (κ3) is 2.65. The van der Waals surface area contributed by atoms with Crippen LogP contribution in [-0.4, -0.2) is 10.2 Å². The first-order valence-corrected chi connectivity index (χ1v) is 6.66. The molecule has 0 aliphatic heterocycles. The Morgan fingerprint density at radius 2 is 2.18 bits per heavy atom. The SMILES string of the molecule is CCC(N)c1nnc(-c2ccc(C)cc2Cl)s1. The Kier molecular flexibility index (Phi) is 3.76. The summed E-state index contributed by atoms with van der Waals surface area (Å²) in [6.45, 7) is 4.04. The van der Waals surface area contributed by atoms with Crippen LogP contribution in [0.2, 0.25) is 5.02 Å². The lowest BCUT2D eigenvalue weighted by Gasteiger charge is -2.02. The number of aryl methyl sites for hydroxylation is 1. The third-order valence-electron chi connectivity index (χ3n) is 2.55. The Labute approximate surface area is 110 Å². The van der Waals surface area contributed by atoms with Gasteiger partial charge in [-0.2, -0.15) is 0 Å². The maximum absolute atomic E-state index is 6.19. The van der Waals surface area contributed by atoms with E-state index >= 15 is 0 Å². The van der Waals surface area contributed by atoms with E-state index in [0.717, 1.165) is 27.6 Å². The highest BCUT2D eigenvalue weighted by Gasteiger charge is 2.13. The fraction of sp³-hybridized carbons (Fsp3) is 0.333. The number of benzene rings is 1. The van der Waals surface area contributed by atoms with E-state index in [-0.39, 0.29) is 6.04 Å². The number of nitrogens with zero attached hydrogens (tertiary/aromatic N) is 2. The number of aromatic nitrogens is 2. The molecule has 90 valence electrons. The van der Waals surface area contributed by atoms with Crippen molar-refractivity contribution in [3.8, 4) is 10.6 Å². The Morgan fingerprint density at radius 1 is 1.41 bits per heavy atom. The van der Waals surface area contributed by atoms with Gasteiger partial charge in [0.15, 0.2) is 0 Å². The molecule has 3 nitrogen and oxygen atoms in total. The van der Waals surface area contributed by atoms with Crippen molar-refractivity contribution in [1.82, 2.24) is 10.2 Å².